The molecule has 0 fully saturated rings. The number of oxime groups is 3. The van der Waals surface area contributed by atoms with E-state index in [1.165, 1.54) is 19.8 Å². The smallest absolute Gasteiger partial charge is 0.213 e. The van der Waals surface area contributed by atoms with E-state index >= 15 is 0 Å². The second-order valence-corrected chi connectivity index (χ2v) is 13.0. The molecule has 15 nitrogen and oxygen atoms in total. The number of aryl methyl sites for hydroxylation is 4. The van der Waals surface area contributed by atoms with Crippen LogP contribution in [0.15, 0.2) is 76.1 Å². The second kappa shape index (κ2) is 24.0. The van der Waals surface area contributed by atoms with E-state index < -0.39 is 0 Å². The number of ether oxygens (including phenoxy) is 2. The number of fused-ring (bicyclic) bond motifs is 2. The first kappa shape index (κ1) is 43.9. The topological polar surface area (TPSA) is 187 Å². The Hall–Kier alpha value is -5.80. The Kier molecular flexibility index (Phi) is 18.5. The maximum atomic E-state index is 11.4. The minimum atomic E-state index is 0.139. The molecule has 4 aromatic heterocycles. The Labute approximate surface area is 334 Å². The molecule has 15 heteroatoms. The Morgan fingerprint density at radius 1 is 0.649 bits per heavy atom. The Balaban J connectivity index is 0.000000209. The van der Waals surface area contributed by atoms with Crippen molar-refractivity contribution in [2.45, 2.75) is 78.1 Å². The second-order valence-electron chi connectivity index (χ2n) is 13.0. The van der Waals surface area contributed by atoms with Crippen LogP contribution in [0.3, 0.4) is 0 Å². The summed E-state index contributed by atoms with van der Waals surface area (Å²) in [5.41, 5.74) is 9.80. The van der Waals surface area contributed by atoms with Crippen molar-refractivity contribution in [1.82, 2.24) is 19.9 Å². The van der Waals surface area contributed by atoms with Gasteiger partial charge in [0.15, 0.2) is 5.78 Å². The van der Waals surface area contributed by atoms with Gasteiger partial charge in [-0.2, -0.15) is 0 Å². The average molecular weight is 783 g/mol. The molecule has 57 heavy (non-hydrogen) atoms. The summed E-state index contributed by atoms with van der Waals surface area (Å²) in [5, 5.41) is 12.1. The fourth-order valence-corrected chi connectivity index (χ4v) is 6.06. The summed E-state index contributed by atoms with van der Waals surface area (Å²) in [5.74, 6) is 6.22. The summed E-state index contributed by atoms with van der Waals surface area (Å²) in [4.78, 5) is 48.8. The summed E-state index contributed by atoms with van der Waals surface area (Å²) in [6.45, 7) is 4.80. The molecule has 0 aromatic carbocycles. The highest BCUT2D eigenvalue weighted by Crippen LogP contribution is 2.23. The van der Waals surface area contributed by atoms with E-state index in [1.54, 1.807) is 20.3 Å². The fraction of sp³-hybridized carbons (Fsp3) is 0.429. The lowest BCUT2D eigenvalue weighted by Crippen LogP contribution is -2.15. The highest BCUT2D eigenvalue weighted by Gasteiger charge is 2.20. The van der Waals surface area contributed by atoms with E-state index in [2.05, 4.69) is 46.3 Å². The summed E-state index contributed by atoms with van der Waals surface area (Å²) < 4.78 is 10.2. The lowest BCUT2D eigenvalue weighted by atomic mass is 9.94. The SMILES string of the molecule is CO/N=C(\C)c1cccc(CCCO/N=C2\CCCc3ccc(OC)nc32)n1.CO/N=C(\C)c1cccc(CCCON)n1.COc1ccc2c(n1)C(=O)CCC2. The number of aromatic nitrogens is 4. The third kappa shape index (κ3) is 14.0. The van der Waals surface area contributed by atoms with E-state index in [-0.39, 0.29) is 5.78 Å². The van der Waals surface area contributed by atoms with Crippen LogP contribution in [0.4, 0.5) is 0 Å². The molecule has 6 rings (SSSR count). The van der Waals surface area contributed by atoms with Crippen molar-refractivity contribution in [3.63, 3.8) is 0 Å². The first-order chi connectivity index (χ1) is 27.8. The molecule has 2 aliphatic rings. The van der Waals surface area contributed by atoms with Gasteiger partial charge in [-0.25, -0.2) is 15.9 Å². The quantitative estimate of drug-likeness (QED) is 0.0792. The van der Waals surface area contributed by atoms with E-state index in [0.717, 1.165) is 109 Å². The number of carbonyl (C=O) groups is 1. The monoisotopic (exact) mass is 782 g/mol. The van der Waals surface area contributed by atoms with Crippen LogP contribution in [0, 0.1) is 0 Å². The van der Waals surface area contributed by atoms with Gasteiger partial charge in [0, 0.05) is 29.9 Å². The van der Waals surface area contributed by atoms with Gasteiger partial charge in [-0.15, -0.1) is 0 Å². The molecule has 304 valence electrons. The van der Waals surface area contributed by atoms with Crippen LogP contribution in [-0.4, -0.2) is 84.5 Å². The van der Waals surface area contributed by atoms with E-state index in [4.69, 9.17) is 29.9 Å². The third-order valence-electron chi connectivity index (χ3n) is 8.92. The molecular formula is C42H54N8O7. The lowest BCUT2D eigenvalue weighted by molar-refractivity contribution is 0.0966. The molecule has 2 N–H and O–H groups in total. The third-order valence-corrected chi connectivity index (χ3v) is 8.92. The molecule has 0 unspecified atom stereocenters. The standard InChI is InChI=1S/C21H26N4O3.C11H17N3O2.C10H11NO2/c1-15(24-27-3)18-10-5-8-17(22-18)9-6-14-28-25-19-11-4-7-16-12-13-20(26-2)23-21(16)19;1-9(14-15-2)11-7-3-5-10(13-11)6-4-8-16-12;1-13-9-6-5-7-3-2-4-8(12)10(7)11-9/h5,8,10,12-13H,4,6-7,9,11,14H2,1-3H3;3,5,7H,4,6,8,12H2,1-2H3;5-6H,2-4H2,1H3/b24-15+,25-19+;14-9+;. The number of carbonyl (C=O) groups excluding carboxylic acids is 1. The summed E-state index contributed by atoms with van der Waals surface area (Å²) >= 11 is 0. The van der Waals surface area contributed by atoms with Crippen molar-refractivity contribution in [3.8, 4) is 11.8 Å². The molecule has 0 atom stereocenters. The van der Waals surface area contributed by atoms with Crippen LogP contribution in [0.25, 0.3) is 0 Å². The van der Waals surface area contributed by atoms with Crippen LogP contribution >= 0.6 is 0 Å². The van der Waals surface area contributed by atoms with Gasteiger partial charge in [0.2, 0.25) is 11.8 Å². The Morgan fingerprint density at radius 2 is 1.18 bits per heavy atom. The van der Waals surface area contributed by atoms with Crippen molar-refractivity contribution in [3.05, 3.63) is 106 Å². The maximum Gasteiger partial charge on any atom is 0.213 e. The molecule has 0 spiro atoms. The zero-order valence-electron chi connectivity index (χ0n) is 33.8. The Morgan fingerprint density at radius 3 is 1.72 bits per heavy atom. The number of pyridine rings is 4. The average Bonchev–Trinajstić information content (AvgIpc) is 3.24. The van der Waals surface area contributed by atoms with E-state index in [0.29, 0.717) is 37.1 Å². The van der Waals surface area contributed by atoms with Crippen molar-refractivity contribution in [2.24, 2.45) is 21.4 Å². The highest BCUT2D eigenvalue weighted by molar-refractivity contribution is 6.01. The molecule has 0 amide bonds. The zero-order valence-corrected chi connectivity index (χ0v) is 33.8. The maximum absolute atomic E-state index is 11.4. The summed E-state index contributed by atoms with van der Waals surface area (Å²) in [6.07, 6.45) is 8.79. The Bertz CT molecular complexity index is 1990. The number of nitrogens with zero attached hydrogens (tertiary/aromatic N) is 7. The summed E-state index contributed by atoms with van der Waals surface area (Å²) in [7, 11) is 6.23. The normalized spacial score (nSPS) is 14.2. The van der Waals surface area contributed by atoms with Gasteiger partial charge < -0.3 is 28.8 Å². The number of Topliss-reactive ketones (excluding diaryl/α,β-unsaturated/α-hetero) is 1. The van der Waals surface area contributed by atoms with Crippen molar-refractivity contribution in [1.29, 1.82) is 0 Å². The van der Waals surface area contributed by atoms with Crippen LogP contribution in [0.5, 0.6) is 11.8 Å². The first-order valence-corrected chi connectivity index (χ1v) is 19.0. The van der Waals surface area contributed by atoms with Crippen LogP contribution in [0.2, 0.25) is 0 Å². The number of nitrogens with two attached hydrogens (primary N) is 1. The summed E-state index contributed by atoms with van der Waals surface area (Å²) in [6, 6.07) is 19.4. The minimum absolute atomic E-state index is 0.139. The minimum Gasteiger partial charge on any atom is -0.481 e. The number of rotatable bonds is 15. The number of methoxy groups -OCH3 is 2. The predicted molar refractivity (Wildman–Crippen MR) is 218 cm³/mol. The lowest BCUT2D eigenvalue weighted by Gasteiger charge is -2.17. The molecule has 4 aromatic rings. The van der Waals surface area contributed by atoms with Gasteiger partial charge >= 0.3 is 0 Å². The molecule has 4 heterocycles. The largest absolute Gasteiger partial charge is 0.481 e. The van der Waals surface area contributed by atoms with E-state index in [1.807, 2.05) is 62.4 Å². The first-order valence-electron chi connectivity index (χ1n) is 19.0. The number of hydrogen-bond donors (Lipinski definition) is 1. The van der Waals surface area contributed by atoms with E-state index in [9.17, 15) is 4.79 Å². The molecule has 0 saturated heterocycles. The van der Waals surface area contributed by atoms with Gasteiger partial charge in [-0.1, -0.05) is 39.7 Å². The van der Waals surface area contributed by atoms with Crippen molar-refractivity contribution in [2.75, 3.05) is 41.7 Å². The van der Waals surface area contributed by atoms with Crippen molar-refractivity contribution >= 4 is 22.9 Å². The molecule has 0 bridgehead atoms. The number of hydrogen-bond acceptors (Lipinski definition) is 15. The van der Waals surface area contributed by atoms with Crippen LogP contribution in [0.1, 0.15) is 102 Å². The molecular weight excluding hydrogens is 729 g/mol. The highest BCUT2D eigenvalue weighted by atomic mass is 16.6. The van der Waals surface area contributed by atoms with Crippen molar-refractivity contribution < 1.29 is 33.6 Å². The van der Waals surface area contributed by atoms with Gasteiger partial charge in [-0.3, -0.25) is 14.8 Å². The van der Waals surface area contributed by atoms with Gasteiger partial charge in [0.1, 0.15) is 43.7 Å². The van der Waals surface area contributed by atoms with Gasteiger partial charge in [-0.05, 0) is 107 Å². The zero-order chi connectivity index (χ0) is 40.8. The molecule has 0 radical (unpaired) electrons. The molecule has 0 aliphatic heterocycles. The fourth-order valence-electron chi connectivity index (χ4n) is 6.06. The van der Waals surface area contributed by atoms with Crippen LogP contribution in [-0.2, 0) is 45.0 Å². The van der Waals surface area contributed by atoms with Crippen LogP contribution < -0.4 is 15.4 Å². The van der Waals surface area contributed by atoms with Gasteiger partial charge in [0.25, 0.3) is 0 Å². The molecule has 2 aliphatic carbocycles. The number of ketones is 1. The molecule has 0 saturated carbocycles. The van der Waals surface area contributed by atoms with Gasteiger partial charge in [0.05, 0.1) is 37.9 Å². The predicted octanol–water partition coefficient (Wildman–Crippen LogP) is 6.43.